The number of thioether (sulfide) groups is 1. The number of carbonyl (C=O) groups is 1. The number of rotatable bonds is 5. The van der Waals surface area contributed by atoms with Gasteiger partial charge in [0.15, 0.2) is 4.34 Å². The quantitative estimate of drug-likeness (QED) is 0.818. The average Bonchev–Trinajstić information content (AvgIpc) is 3.00. The van der Waals surface area contributed by atoms with Crippen LogP contribution in [0.4, 0.5) is 10.8 Å². The number of anilines is 2. The fraction of sp³-hybridized carbons (Fsp3) is 0.471. The van der Waals surface area contributed by atoms with Gasteiger partial charge in [0.25, 0.3) is 0 Å². The molecule has 0 spiro atoms. The molecule has 1 N–H and O–H groups in total. The van der Waals surface area contributed by atoms with Crippen LogP contribution in [0.5, 0.6) is 0 Å². The predicted molar refractivity (Wildman–Crippen MR) is 99.9 cm³/mol. The molecule has 1 aromatic heterocycles. The summed E-state index contributed by atoms with van der Waals surface area (Å²) in [6.45, 7) is 6.19. The summed E-state index contributed by atoms with van der Waals surface area (Å²) in [4.78, 5) is 14.4. The molecule has 1 saturated heterocycles. The van der Waals surface area contributed by atoms with E-state index in [1.807, 2.05) is 35.2 Å². The van der Waals surface area contributed by atoms with Gasteiger partial charge in [-0.15, -0.1) is 10.2 Å². The van der Waals surface area contributed by atoms with Gasteiger partial charge in [0.2, 0.25) is 11.0 Å². The Hall–Kier alpha value is -1.60. The number of para-hydroxylation sites is 1. The average molecular weight is 363 g/mol. The lowest BCUT2D eigenvalue weighted by Gasteiger charge is -2.34. The Labute approximate surface area is 150 Å². The maximum atomic E-state index is 12.4. The van der Waals surface area contributed by atoms with Crippen LogP contribution in [0, 0.1) is 11.8 Å². The Morgan fingerprint density at radius 2 is 1.96 bits per heavy atom. The van der Waals surface area contributed by atoms with Crippen LogP contribution in [0.1, 0.15) is 20.3 Å². The maximum absolute atomic E-state index is 12.4. The van der Waals surface area contributed by atoms with E-state index in [0.29, 0.717) is 17.6 Å². The Morgan fingerprint density at radius 1 is 1.25 bits per heavy atom. The first-order chi connectivity index (χ1) is 11.6. The molecule has 2 heterocycles. The number of nitrogens with zero attached hydrogens (tertiary/aromatic N) is 3. The van der Waals surface area contributed by atoms with Crippen molar-refractivity contribution in [2.75, 3.05) is 24.2 Å². The minimum atomic E-state index is 0.200. The van der Waals surface area contributed by atoms with Crippen LogP contribution >= 0.6 is 23.1 Å². The first-order valence-corrected chi connectivity index (χ1v) is 9.96. The standard InChI is InChI=1S/C17H22N4OS2/c1-12-8-13(2)10-21(9-12)15(22)11-23-17-20-19-16(24-17)18-14-6-4-3-5-7-14/h3-7,12-13H,8-11H2,1-2H3,(H,18,19)/t12-,13-/m0/s1. The lowest BCUT2D eigenvalue weighted by molar-refractivity contribution is -0.130. The van der Waals surface area contributed by atoms with Crippen LogP contribution in [-0.2, 0) is 4.79 Å². The van der Waals surface area contributed by atoms with Gasteiger partial charge in [0, 0.05) is 18.8 Å². The highest BCUT2D eigenvalue weighted by Crippen LogP contribution is 2.28. The van der Waals surface area contributed by atoms with E-state index in [4.69, 9.17) is 0 Å². The summed E-state index contributed by atoms with van der Waals surface area (Å²) in [6.07, 6.45) is 1.21. The van der Waals surface area contributed by atoms with Gasteiger partial charge in [0.05, 0.1) is 5.75 Å². The third-order valence-corrected chi connectivity index (χ3v) is 5.93. The van der Waals surface area contributed by atoms with E-state index in [2.05, 4.69) is 29.4 Å². The SMILES string of the molecule is C[C@H]1C[C@H](C)CN(C(=O)CSc2nnc(Nc3ccccc3)s2)C1. The molecule has 1 amide bonds. The highest BCUT2D eigenvalue weighted by atomic mass is 32.2. The van der Waals surface area contributed by atoms with E-state index in [1.165, 1.54) is 29.5 Å². The van der Waals surface area contributed by atoms with Gasteiger partial charge >= 0.3 is 0 Å². The Morgan fingerprint density at radius 3 is 2.67 bits per heavy atom. The van der Waals surface area contributed by atoms with Crippen molar-refractivity contribution in [1.29, 1.82) is 0 Å². The number of likely N-dealkylation sites (tertiary alicyclic amines) is 1. The minimum Gasteiger partial charge on any atom is -0.341 e. The lowest BCUT2D eigenvalue weighted by Crippen LogP contribution is -2.43. The summed E-state index contributed by atoms with van der Waals surface area (Å²) >= 11 is 2.95. The molecule has 5 nitrogen and oxygen atoms in total. The van der Waals surface area contributed by atoms with E-state index in [-0.39, 0.29) is 5.91 Å². The van der Waals surface area contributed by atoms with Gasteiger partial charge in [-0.05, 0) is 30.4 Å². The molecule has 1 fully saturated rings. The summed E-state index contributed by atoms with van der Waals surface area (Å²) in [5.74, 6) is 1.81. The topological polar surface area (TPSA) is 58.1 Å². The van der Waals surface area contributed by atoms with Crippen LogP contribution in [0.15, 0.2) is 34.7 Å². The smallest absolute Gasteiger partial charge is 0.233 e. The number of hydrogen-bond acceptors (Lipinski definition) is 6. The zero-order valence-electron chi connectivity index (χ0n) is 13.9. The van der Waals surface area contributed by atoms with Gasteiger partial charge in [-0.25, -0.2) is 0 Å². The van der Waals surface area contributed by atoms with Crippen LogP contribution in [0.3, 0.4) is 0 Å². The third kappa shape index (κ3) is 4.70. The number of aromatic nitrogens is 2. The van der Waals surface area contributed by atoms with Crippen molar-refractivity contribution >= 4 is 39.8 Å². The fourth-order valence-corrected chi connectivity index (χ4v) is 4.72. The molecule has 0 aliphatic carbocycles. The highest BCUT2D eigenvalue weighted by molar-refractivity contribution is 8.01. The number of amides is 1. The molecule has 0 unspecified atom stereocenters. The van der Waals surface area contributed by atoms with Gasteiger partial charge in [-0.1, -0.05) is 55.1 Å². The monoisotopic (exact) mass is 362 g/mol. The van der Waals surface area contributed by atoms with E-state index in [0.717, 1.165) is 28.2 Å². The zero-order valence-corrected chi connectivity index (χ0v) is 15.6. The maximum Gasteiger partial charge on any atom is 0.233 e. The summed E-state index contributed by atoms with van der Waals surface area (Å²) < 4.78 is 0.819. The van der Waals surface area contributed by atoms with Crippen LogP contribution in [0.25, 0.3) is 0 Å². The van der Waals surface area contributed by atoms with Crippen molar-refractivity contribution in [2.45, 2.75) is 24.6 Å². The number of carbonyl (C=O) groups excluding carboxylic acids is 1. The second kappa shape index (κ2) is 7.98. The fourth-order valence-electron chi connectivity index (χ4n) is 3.04. The molecule has 7 heteroatoms. The number of piperidine rings is 1. The van der Waals surface area contributed by atoms with E-state index >= 15 is 0 Å². The van der Waals surface area contributed by atoms with E-state index in [1.54, 1.807) is 0 Å². The molecular formula is C17H22N4OS2. The molecule has 128 valence electrons. The molecule has 1 aliphatic rings. The Bertz CT molecular complexity index is 666. The van der Waals surface area contributed by atoms with Crippen molar-refractivity contribution in [3.05, 3.63) is 30.3 Å². The van der Waals surface area contributed by atoms with Gasteiger partial charge in [-0.2, -0.15) is 0 Å². The van der Waals surface area contributed by atoms with Gasteiger partial charge in [-0.3, -0.25) is 4.79 Å². The van der Waals surface area contributed by atoms with Crippen molar-refractivity contribution < 1.29 is 4.79 Å². The number of nitrogens with one attached hydrogen (secondary N) is 1. The summed E-state index contributed by atoms with van der Waals surface area (Å²) in [5.41, 5.74) is 0.984. The van der Waals surface area contributed by atoms with Crippen molar-refractivity contribution in [3.63, 3.8) is 0 Å². The van der Waals surface area contributed by atoms with Crippen molar-refractivity contribution in [1.82, 2.24) is 15.1 Å². The predicted octanol–water partition coefficient (Wildman–Crippen LogP) is 3.88. The summed E-state index contributed by atoms with van der Waals surface area (Å²) in [5, 5.41) is 12.3. The molecule has 2 atom stereocenters. The van der Waals surface area contributed by atoms with E-state index in [9.17, 15) is 4.79 Å². The van der Waals surface area contributed by atoms with Crippen molar-refractivity contribution in [3.8, 4) is 0 Å². The van der Waals surface area contributed by atoms with Crippen LogP contribution in [0.2, 0.25) is 0 Å². The molecular weight excluding hydrogens is 340 g/mol. The zero-order chi connectivity index (χ0) is 16.9. The molecule has 0 saturated carbocycles. The molecule has 0 bridgehead atoms. The number of benzene rings is 1. The van der Waals surface area contributed by atoms with E-state index < -0.39 is 0 Å². The first-order valence-electron chi connectivity index (χ1n) is 8.16. The summed E-state index contributed by atoms with van der Waals surface area (Å²) in [7, 11) is 0. The molecule has 1 aliphatic heterocycles. The second-order valence-electron chi connectivity index (χ2n) is 6.40. The second-order valence-corrected chi connectivity index (χ2v) is 8.60. The number of hydrogen-bond donors (Lipinski definition) is 1. The lowest BCUT2D eigenvalue weighted by atomic mass is 9.92. The Balaban J connectivity index is 1.51. The minimum absolute atomic E-state index is 0.200. The third-order valence-electron chi connectivity index (χ3n) is 3.97. The van der Waals surface area contributed by atoms with Crippen LogP contribution < -0.4 is 5.32 Å². The molecule has 3 rings (SSSR count). The molecule has 0 radical (unpaired) electrons. The molecule has 1 aromatic carbocycles. The highest BCUT2D eigenvalue weighted by Gasteiger charge is 2.25. The largest absolute Gasteiger partial charge is 0.341 e. The van der Waals surface area contributed by atoms with Crippen LogP contribution in [-0.4, -0.2) is 39.8 Å². The van der Waals surface area contributed by atoms with Gasteiger partial charge in [0.1, 0.15) is 0 Å². The van der Waals surface area contributed by atoms with Gasteiger partial charge < -0.3 is 10.2 Å². The van der Waals surface area contributed by atoms with Crippen molar-refractivity contribution in [2.24, 2.45) is 11.8 Å². The molecule has 24 heavy (non-hydrogen) atoms. The first kappa shape index (κ1) is 17.2. The normalized spacial score (nSPS) is 20.8. The Kier molecular flexibility index (Phi) is 5.73. The molecule has 2 aromatic rings. The summed E-state index contributed by atoms with van der Waals surface area (Å²) in [6, 6.07) is 9.88.